The Morgan fingerprint density at radius 1 is 1.47 bits per heavy atom. The molecule has 1 aromatic rings. The lowest BCUT2D eigenvalue weighted by atomic mass is 10.0. The van der Waals surface area contributed by atoms with Gasteiger partial charge in [-0.3, -0.25) is 0 Å². The first-order valence-corrected chi connectivity index (χ1v) is 5.30. The van der Waals surface area contributed by atoms with Gasteiger partial charge in [0, 0.05) is 12.1 Å². The molecule has 1 N–H and O–H groups in total. The summed E-state index contributed by atoms with van der Waals surface area (Å²) in [7, 11) is 0. The summed E-state index contributed by atoms with van der Waals surface area (Å²) in [6, 6.07) is 8.25. The number of ether oxygens (including phenoxy) is 1. The third-order valence-corrected chi connectivity index (χ3v) is 2.56. The number of hydrogen-bond donors (Lipinski definition) is 1. The van der Waals surface area contributed by atoms with Crippen molar-refractivity contribution in [3.05, 3.63) is 29.8 Å². The highest BCUT2D eigenvalue weighted by atomic mass is 16.5. The van der Waals surface area contributed by atoms with E-state index in [1.54, 1.807) is 0 Å². The van der Waals surface area contributed by atoms with Crippen LogP contribution >= 0.6 is 0 Å². The van der Waals surface area contributed by atoms with Gasteiger partial charge in [0.1, 0.15) is 12.5 Å². The lowest BCUT2D eigenvalue weighted by Crippen LogP contribution is -2.28. The number of rotatable bonds is 4. The number of carbonyl (C=O) groups excluding carboxylic acids is 1. The van der Waals surface area contributed by atoms with Crippen LogP contribution in [0.2, 0.25) is 0 Å². The number of carbonyl (C=O) groups is 1. The number of para-hydroxylation sites is 1. The minimum atomic E-state index is 0.0554. The van der Waals surface area contributed by atoms with E-state index in [4.69, 9.17) is 4.74 Å². The summed E-state index contributed by atoms with van der Waals surface area (Å²) < 4.78 is 5.54. The van der Waals surface area contributed by atoms with E-state index in [1.807, 2.05) is 12.1 Å². The Morgan fingerprint density at radius 2 is 2.33 bits per heavy atom. The first-order valence-electron chi connectivity index (χ1n) is 5.30. The van der Waals surface area contributed by atoms with Gasteiger partial charge in [0.05, 0.1) is 6.61 Å². The SMILES string of the molecule is O=CCCOC1CCc2ccccc2N1. The van der Waals surface area contributed by atoms with Crippen molar-refractivity contribution in [3.8, 4) is 0 Å². The Labute approximate surface area is 89.4 Å². The van der Waals surface area contributed by atoms with E-state index in [0.29, 0.717) is 13.0 Å². The van der Waals surface area contributed by atoms with E-state index in [-0.39, 0.29) is 6.23 Å². The van der Waals surface area contributed by atoms with Gasteiger partial charge in [-0.05, 0) is 24.5 Å². The molecular formula is C12H15NO2. The molecule has 0 aromatic heterocycles. The molecule has 0 amide bonds. The first kappa shape index (κ1) is 10.2. The number of aldehydes is 1. The number of hydrogen-bond acceptors (Lipinski definition) is 3. The molecule has 0 aliphatic carbocycles. The average molecular weight is 205 g/mol. The van der Waals surface area contributed by atoms with Crippen molar-refractivity contribution >= 4 is 12.0 Å². The molecule has 1 unspecified atom stereocenters. The van der Waals surface area contributed by atoms with Crippen molar-refractivity contribution in [2.45, 2.75) is 25.5 Å². The summed E-state index contributed by atoms with van der Waals surface area (Å²) in [5.41, 5.74) is 2.49. The van der Waals surface area contributed by atoms with Gasteiger partial charge in [0.25, 0.3) is 0 Å². The highest BCUT2D eigenvalue weighted by Gasteiger charge is 2.16. The van der Waals surface area contributed by atoms with Gasteiger partial charge in [-0.15, -0.1) is 0 Å². The van der Waals surface area contributed by atoms with Crippen LogP contribution in [-0.2, 0) is 16.0 Å². The summed E-state index contributed by atoms with van der Waals surface area (Å²) in [5, 5.41) is 3.32. The summed E-state index contributed by atoms with van der Waals surface area (Å²) in [6.07, 6.45) is 3.42. The molecule has 0 saturated heterocycles. The smallest absolute Gasteiger partial charge is 0.128 e. The largest absolute Gasteiger partial charge is 0.360 e. The van der Waals surface area contributed by atoms with Crippen LogP contribution in [-0.4, -0.2) is 19.1 Å². The maximum absolute atomic E-state index is 10.1. The molecule has 3 heteroatoms. The normalized spacial score (nSPS) is 19.1. The van der Waals surface area contributed by atoms with Crippen LogP contribution in [0, 0.1) is 0 Å². The maximum atomic E-state index is 10.1. The summed E-state index contributed by atoms with van der Waals surface area (Å²) in [5.74, 6) is 0. The Hall–Kier alpha value is -1.35. The predicted molar refractivity (Wildman–Crippen MR) is 58.8 cm³/mol. The van der Waals surface area contributed by atoms with Gasteiger partial charge < -0.3 is 14.8 Å². The second-order valence-electron chi connectivity index (χ2n) is 3.65. The molecule has 2 rings (SSSR count). The highest BCUT2D eigenvalue weighted by molar-refractivity contribution is 5.53. The topological polar surface area (TPSA) is 38.3 Å². The van der Waals surface area contributed by atoms with Crippen molar-refractivity contribution in [2.75, 3.05) is 11.9 Å². The van der Waals surface area contributed by atoms with Crippen LogP contribution in [0.25, 0.3) is 0 Å². The first-order chi connectivity index (χ1) is 7.40. The van der Waals surface area contributed by atoms with Gasteiger partial charge in [-0.25, -0.2) is 0 Å². The minimum Gasteiger partial charge on any atom is -0.360 e. The molecule has 80 valence electrons. The van der Waals surface area contributed by atoms with E-state index in [9.17, 15) is 4.79 Å². The van der Waals surface area contributed by atoms with Crippen LogP contribution in [0.15, 0.2) is 24.3 Å². The van der Waals surface area contributed by atoms with E-state index in [0.717, 1.165) is 24.8 Å². The fourth-order valence-electron chi connectivity index (χ4n) is 1.79. The van der Waals surface area contributed by atoms with E-state index in [2.05, 4.69) is 17.4 Å². The molecule has 0 fully saturated rings. The molecule has 0 saturated carbocycles. The maximum Gasteiger partial charge on any atom is 0.128 e. The minimum absolute atomic E-state index is 0.0554. The highest BCUT2D eigenvalue weighted by Crippen LogP contribution is 2.24. The molecule has 0 bridgehead atoms. The van der Waals surface area contributed by atoms with Gasteiger partial charge in [0.15, 0.2) is 0 Å². The van der Waals surface area contributed by atoms with Crippen LogP contribution in [0.5, 0.6) is 0 Å². The summed E-state index contributed by atoms with van der Waals surface area (Å²) in [4.78, 5) is 10.1. The van der Waals surface area contributed by atoms with Crippen molar-refractivity contribution in [2.24, 2.45) is 0 Å². The third-order valence-electron chi connectivity index (χ3n) is 2.56. The molecule has 15 heavy (non-hydrogen) atoms. The zero-order valence-corrected chi connectivity index (χ0v) is 8.61. The van der Waals surface area contributed by atoms with Gasteiger partial charge in [-0.1, -0.05) is 18.2 Å². The second kappa shape index (κ2) is 4.94. The van der Waals surface area contributed by atoms with Gasteiger partial charge >= 0.3 is 0 Å². The summed E-state index contributed by atoms with van der Waals surface area (Å²) in [6.45, 7) is 0.503. The fourth-order valence-corrected chi connectivity index (χ4v) is 1.79. The molecule has 3 nitrogen and oxygen atoms in total. The molecule has 0 radical (unpaired) electrons. The Bertz CT molecular complexity index is 338. The zero-order valence-electron chi connectivity index (χ0n) is 8.61. The van der Waals surface area contributed by atoms with E-state index >= 15 is 0 Å². The third kappa shape index (κ3) is 2.57. The fraction of sp³-hybridized carbons (Fsp3) is 0.417. The lowest BCUT2D eigenvalue weighted by molar-refractivity contribution is -0.109. The van der Waals surface area contributed by atoms with Gasteiger partial charge in [-0.2, -0.15) is 0 Å². The van der Waals surface area contributed by atoms with Crippen LogP contribution in [0.4, 0.5) is 5.69 Å². The molecule has 1 aliphatic heterocycles. The number of fused-ring (bicyclic) bond motifs is 1. The zero-order chi connectivity index (χ0) is 10.5. The number of benzene rings is 1. The van der Waals surface area contributed by atoms with Gasteiger partial charge in [0.2, 0.25) is 0 Å². The molecule has 1 heterocycles. The molecule has 1 atom stereocenters. The van der Waals surface area contributed by atoms with Crippen molar-refractivity contribution in [1.82, 2.24) is 0 Å². The quantitative estimate of drug-likeness (QED) is 0.603. The van der Waals surface area contributed by atoms with Crippen molar-refractivity contribution < 1.29 is 9.53 Å². The van der Waals surface area contributed by atoms with E-state index in [1.165, 1.54) is 5.56 Å². The predicted octanol–water partition coefficient (Wildman–Crippen LogP) is 1.98. The molecule has 0 spiro atoms. The second-order valence-corrected chi connectivity index (χ2v) is 3.65. The monoisotopic (exact) mass is 205 g/mol. The average Bonchev–Trinajstić information content (AvgIpc) is 2.29. The lowest BCUT2D eigenvalue weighted by Gasteiger charge is -2.26. The Kier molecular flexibility index (Phi) is 3.35. The molecular weight excluding hydrogens is 190 g/mol. The van der Waals surface area contributed by atoms with Crippen molar-refractivity contribution in [3.63, 3.8) is 0 Å². The molecule has 1 aliphatic rings. The standard InChI is InChI=1S/C12H15NO2/c14-8-3-9-15-12-7-6-10-4-1-2-5-11(10)13-12/h1-2,4-5,8,12-13H,3,6-7,9H2. The Morgan fingerprint density at radius 3 is 3.20 bits per heavy atom. The number of aryl methyl sites for hydroxylation is 1. The van der Waals surface area contributed by atoms with Crippen LogP contribution in [0.1, 0.15) is 18.4 Å². The van der Waals surface area contributed by atoms with Crippen LogP contribution < -0.4 is 5.32 Å². The van der Waals surface area contributed by atoms with E-state index < -0.39 is 0 Å². The molecule has 1 aromatic carbocycles. The van der Waals surface area contributed by atoms with Crippen LogP contribution in [0.3, 0.4) is 0 Å². The number of nitrogens with one attached hydrogen (secondary N) is 1. The Balaban J connectivity index is 1.91. The summed E-state index contributed by atoms with van der Waals surface area (Å²) >= 11 is 0. The number of anilines is 1. The van der Waals surface area contributed by atoms with Crippen molar-refractivity contribution in [1.29, 1.82) is 0 Å².